The number of carbonyl (C=O) groups excluding carboxylic acids is 1. The molecule has 0 aromatic heterocycles. The van der Waals surface area contributed by atoms with Gasteiger partial charge in [-0.2, -0.15) is 13.9 Å². The van der Waals surface area contributed by atoms with Crippen molar-refractivity contribution in [2.75, 3.05) is 0 Å². The number of aryl methyl sites for hydroxylation is 1. The number of nitrogens with one attached hydrogen (secondary N) is 1. The maximum absolute atomic E-state index is 12.3. The Balaban J connectivity index is 1.99. The number of ether oxygens (including phenoxy) is 2. The minimum absolute atomic E-state index is 0.0642. The fourth-order valence-electron chi connectivity index (χ4n) is 2.23. The van der Waals surface area contributed by atoms with Crippen LogP contribution in [0.3, 0.4) is 0 Å². The quantitative estimate of drug-likeness (QED) is 0.543. The Morgan fingerprint density at radius 2 is 1.89 bits per heavy atom. The summed E-state index contributed by atoms with van der Waals surface area (Å²) in [6, 6.07) is 10.8. The lowest BCUT2D eigenvalue weighted by molar-refractivity contribution is -0.128. The van der Waals surface area contributed by atoms with Gasteiger partial charge in [-0.15, -0.1) is 0 Å². The number of hydrogen-bond acceptors (Lipinski definition) is 5. The van der Waals surface area contributed by atoms with E-state index in [2.05, 4.69) is 15.3 Å². The lowest BCUT2D eigenvalue weighted by Crippen LogP contribution is -2.35. The van der Waals surface area contributed by atoms with Crippen LogP contribution in [0.15, 0.2) is 47.6 Å². The third kappa shape index (κ3) is 5.95. The highest BCUT2D eigenvalue weighted by atomic mass is 19.3. The highest BCUT2D eigenvalue weighted by Gasteiger charge is 2.18. The monoisotopic (exact) mass is 378 g/mol. The van der Waals surface area contributed by atoms with Gasteiger partial charge in [-0.3, -0.25) is 4.79 Å². The van der Waals surface area contributed by atoms with E-state index in [1.807, 2.05) is 0 Å². The molecule has 0 aliphatic carbocycles. The summed E-state index contributed by atoms with van der Waals surface area (Å²) in [5, 5.41) is 13.7. The van der Waals surface area contributed by atoms with Crippen molar-refractivity contribution in [3.05, 3.63) is 53.6 Å². The molecule has 0 spiro atoms. The van der Waals surface area contributed by atoms with Crippen LogP contribution in [0.2, 0.25) is 0 Å². The van der Waals surface area contributed by atoms with Crippen molar-refractivity contribution >= 4 is 12.1 Å². The Hall–Kier alpha value is -3.16. The molecule has 0 aliphatic heterocycles. The molecule has 0 fully saturated rings. The number of phenols is 1. The minimum atomic E-state index is -2.95. The molecule has 0 aliphatic rings. The van der Waals surface area contributed by atoms with Crippen molar-refractivity contribution in [1.29, 1.82) is 0 Å². The number of carbonyl (C=O) groups is 1. The third-order valence-electron chi connectivity index (χ3n) is 3.62. The summed E-state index contributed by atoms with van der Waals surface area (Å²) in [4.78, 5) is 12.2. The number of phenolic OH excluding ortho intramolecular Hbond substituents is 1. The predicted octanol–water partition coefficient (Wildman–Crippen LogP) is 3.61. The molecule has 0 radical (unpaired) electrons. The molecule has 6 nitrogen and oxygen atoms in total. The first kappa shape index (κ1) is 20.2. The summed E-state index contributed by atoms with van der Waals surface area (Å²) < 4.78 is 34.4. The van der Waals surface area contributed by atoms with Gasteiger partial charge >= 0.3 is 6.61 Å². The van der Waals surface area contributed by atoms with Gasteiger partial charge < -0.3 is 14.6 Å². The van der Waals surface area contributed by atoms with Crippen LogP contribution in [0, 0.1) is 6.92 Å². The van der Waals surface area contributed by atoms with E-state index >= 15 is 0 Å². The Bertz CT molecular complexity index is 812. The van der Waals surface area contributed by atoms with Gasteiger partial charge in [0, 0.05) is 11.6 Å². The summed E-state index contributed by atoms with van der Waals surface area (Å²) >= 11 is 0. The van der Waals surface area contributed by atoms with Crippen LogP contribution >= 0.6 is 0 Å². The number of rotatable bonds is 8. The molecule has 0 bridgehead atoms. The number of nitrogens with zero attached hydrogens (tertiary/aromatic N) is 1. The molecular weight excluding hydrogens is 358 g/mol. The fraction of sp³-hybridized carbons (Fsp3) is 0.263. The molecule has 1 atom stereocenters. The lowest BCUT2D eigenvalue weighted by atomic mass is 10.1. The number of para-hydroxylation sites is 1. The largest absolute Gasteiger partial charge is 0.507 e. The molecule has 1 unspecified atom stereocenters. The molecule has 2 N–H and O–H groups in total. The molecule has 8 heteroatoms. The average Bonchev–Trinajstić information content (AvgIpc) is 2.63. The highest BCUT2D eigenvalue weighted by molar-refractivity contribution is 5.86. The zero-order valence-electron chi connectivity index (χ0n) is 14.9. The van der Waals surface area contributed by atoms with Gasteiger partial charge in [0.15, 0.2) is 6.10 Å². The van der Waals surface area contributed by atoms with Gasteiger partial charge in [-0.05, 0) is 37.1 Å². The SMILES string of the molecule is CCC(Oc1cccc(OC(F)F)c1)C(=O)NN=Cc1cccc(C)c1O. The van der Waals surface area contributed by atoms with Crippen molar-refractivity contribution in [3.63, 3.8) is 0 Å². The van der Waals surface area contributed by atoms with E-state index in [4.69, 9.17) is 4.74 Å². The van der Waals surface area contributed by atoms with Gasteiger partial charge in [0.1, 0.15) is 17.2 Å². The van der Waals surface area contributed by atoms with Crippen LogP contribution in [-0.2, 0) is 4.79 Å². The molecule has 0 heterocycles. The molecule has 0 saturated heterocycles. The average molecular weight is 378 g/mol. The molecule has 2 rings (SSSR count). The minimum Gasteiger partial charge on any atom is -0.507 e. The van der Waals surface area contributed by atoms with Crippen LogP contribution < -0.4 is 14.9 Å². The summed E-state index contributed by atoms with van der Waals surface area (Å²) in [5.74, 6) is -0.281. The summed E-state index contributed by atoms with van der Waals surface area (Å²) in [5.41, 5.74) is 3.48. The highest BCUT2D eigenvalue weighted by Crippen LogP contribution is 2.22. The lowest BCUT2D eigenvalue weighted by Gasteiger charge is -2.16. The maximum Gasteiger partial charge on any atom is 0.387 e. The van der Waals surface area contributed by atoms with Crippen LogP contribution in [0.25, 0.3) is 0 Å². The Morgan fingerprint density at radius 3 is 2.56 bits per heavy atom. The van der Waals surface area contributed by atoms with Crippen LogP contribution in [0.1, 0.15) is 24.5 Å². The van der Waals surface area contributed by atoms with E-state index < -0.39 is 18.6 Å². The molecule has 2 aromatic rings. The molecule has 2 aromatic carbocycles. The van der Waals surface area contributed by atoms with Crippen molar-refractivity contribution in [3.8, 4) is 17.2 Å². The number of alkyl halides is 2. The van der Waals surface area contributed by atoms with Crippen LogP contribution in [-0.4, -0.2) is 29.9 Å². The van der Waals surface area contributed by atoms with Gasteiger partial charge in [0.25, 0.3) is 5.91 Å². The second-order valence-corrected chi connectivity index (χ2v) is 5.62. The van der Waals surface area contributed by atoms with Crippen molar-refractivity contribution in [1.82, 2.24) is 5.43 Å². The number of hydrogen-bond donors (Lipinski definition) is 2. The first-order valence-electron chi connectivity index (χ1n) is 8.23. The molecule has 1 amide bonds. The van der Waals surface area contributed by atoms with E-state index in [1.165, 1.54) is 30.5 Å². The topological polar surface area (TPSA) is 80.2 Å². The van der Waals surface area contributed by atoms with Crippen LogP contribution in [0.4, 0.5) is 8.78 Å². The third-order valence-corrected chi connectivity index (χ3v) is 3.62. The number of aromatic hydroxyl groups is 1. The van der Waals surface area contributed by atoms with Gasteiger partial charge in [-0.1, -0.05) is 25.1 Å². The number of amides is 1. The Morgan fingerprint density at radius 1 is 1.22 bits per heavy atom. The van der Waals surface area contributed by atoms with Crippen LogP contribution in [0.5, 0.6) is 17.2 Å². The Kier molecular flexibility index (Phi) is 7.10. The van der Waals surface area contributed by atoms with E-state index in [0.29, 0.717) is 17.5 Å². The van der Waals surface area contributed by atoms with Crippen molar-refractivity contribution in [2.24, 2.45) is 5.10 Å². The zero-order chi connectivity index (χ0) is 19.8. The smallest absolute Gasteiger partial charge is 0.387 e. The molecule has 144 valence electrons. The number of benzene rings is 2. The summed E-state index contributed by atoms with van der Waals surface area (Å²) in [7, 11) is 0. The van der Waals surface area contributed by atoms with E-state index in [9.17, 15) is 18.7 Å². The zero-order valence-corrected chi connectivity index (χ0v) is 14.9. The Labute approximate surface area is 155 Å². The number of halogens is 2. The normalized spacial score (nSPS) is 12.2. The molecule has 27 heavy (non-hydrogen) atoms. The van der Waals surface area contributed by atoms with Crippen molar-refractivity contribution < 1.29 is 28.2 Å². The second kappa shape index (κ2) is 9.51. The van der Waals surface area contributed by atoms with Gasteiger partial charge in [0.2, 0.25) is 0 Å². The van der Waals surface area contributed by atoms with E-state index in [-0.39, 0.29) is 17.2 Å². The first-order valence-corrected chi connectivity index (χ1v) is 8.23. The van der Waals surface area contributed by atoms with Crippen molar-refractivity contribution in [2.45, 2.75) is 33.0 Å². The van der Waals surface area contributed by atoms with Gasteiger partial charge in [0.05, 0.1) is 6.21 Å². The molecule has 0 saturated carbocycles. The summed E-state index contributed by atoms with van der Waals surface area (Å²) in [6.45, 7) is 0.538. The fourth-order valence-corrected chi connectivity index (χ4v) is 2.23. The van der Waals surface area contributed by atoms with Gasteiger partial charge in [-0.25, -0.2) is 5.43 Å². The van der Waals surface area contributed by atoms with E-state index in [1.54, 1.807) is 32.0 Å². The standard InChI is InChI=1S/C19H20F2N2O4/c1-3-16(26-14-8-5-9-15(10-14)27-19(20)21)18(25)23-22-11-13-7-4-6-12(2)17(13)24/h4-11,16,19,24H,3H2,1-2H3,(H,23,25). The summed E-state index contributed by atoms with van der Waals surface area (Å²) in [6.07, 6.45) is 0.774. The first-order chi connectivity index (χ1) is 12.9. The predicted molar refractivity (Wildman–Crippen MR) is 96.4 cm³/mol. The number of hydrazone groups is 1. The maximum atomic E-state index is 12.3. The second-order valence-electron chi connectivity index (χ2n) is 5.62. The molecular formula is C19H20F2N2O4. The van der Waals surface area contributed by atoms with E-state index in [0.717, 1.165) is 0 Å².